The fourth-order valence-electron chi connectivity index (χ4n) is 3.02. The number of hydrogen-bond acceptors (Lipinski definition) is 3. The molecule has 0 aliphatic carbocycles. The molecule has 3 rings (SSSR count). The first-order valence-electron chi connectivity index (χ1n) is 9.11. The van der Waals surface area contributed by atoms with Gasteiger partial charge in [-0.2, -0.15) is 5.10 Å². The lowest BCUT2D eigenvalue weighted by molar-refractivity contribution is 0.102. The number of nitrogens with zero attached hydrogens (tertiary/aromatic N) is 2. The predicted molar refractivity (Wildman–Crippen MR) is 107 cm³/mol. The van der Waals surface area contributed by atoms with Crippen molar-refractivity contribution in [3.63, 3.8) is 0 Å². The Morgan fingerprint density at radius 2 is 1.74 bits per heavy atom. The van der Waals surface area contributed by atoms with Crippen molar-refractivity contribution in [2.75, 3.05) is 5.32 Å². The number of amides is 1. The zero-order chi connectivity index (χ0) is 19.4. The lowest BCUT2D eigenvalue weighted by atomic mass is 10.1. The third kappa shape index (κ3) is 4.19. The van der Waals surface area contributed by atoms with Crippen molar-refractivity contribution >= 4 is 11.6 Å². The highest BCUT2D eigenvalue weighted by molar-refractivity contribution is 6.04. The Hall–Kier alpha value is -3.08. The van der Waals surface area contributed by atoms with Crippen molar-refractivity contribution in [3.8, 4) is 5.75 Å². The van der Waals surface area contributed by atoms with E-state index in [0.717, 1.165) is 40.4 Å². The number of nitrogens with one attached hydrogen (secondary N) is 1. The number of carbonyl (C=O) groups is 1. The Bertz CT molecular complexity index is 922. The molecule has 2 aromatic carbocycles. The maximum absolute atomic E-state index is 12.5. The number of ether oxygens (including phenoxy) is 1. The van der Waals surface area contributed by atoms with E-state index in [1.807, 2.05) is 74.8 Å². The zero-order valence-corrected chi connectivity index (χ0v) is 16.2. The van der Waals surface area contributed by atoms with E-state index in [-0.39, 0.29) is 5.91 Å². The first-order valence-corrected chi connectivity index (χ1v) is 9.11. The predicted octanol–water partition coefficient (Wildman–Crippen LogP) is 4.66. The summed E-state index contributed by atoms with van der Waals surface area (Å²) in [6.45, 7) is 9.29. The van der Waals surface area contributed by atoms with Crippen LogP contribution in [0.4, 0.5) is 5.69 Å². The van der Waals surface area contributed by atoms with Crippen LogP contribution in [0.1, 0.15) is 39.7 Å². The van der Waals surface area contributed by atoms with Crippen LogP contribution in [0.25, 0.3) is 0 Å². The highest BCUT2D eigenvalue weighted by Gasteiger charge is 2.11. The van der Waals surface area contributed by atoms with Gasteiger partial charge in [0.2, 0.25) is 0 Å². The number of carbonyl (C=O) groups excluding carboxylic acids is 1. The minimum atomic E-state index is -0.143. The summed E-state index contributed by atoms with van der Waals surface area (Å²) >= 11 is 0. The van der Waals surface area contributed by atoms with E-state index in [1.54, 1.807) is 6.20 Å². The average Bonchev–Trinajstić information content (AvgIpc) is 3.01. The third-order valence-electron chi connectivity index (χ3n) is 4.66. The molecule has 1 aromatic heterocycles. The van der Waals surface area contributed by atoms with Gasteiger partial charge in [-0.3, -0.25) is 9.48 Å². The lowest BCUT2D eigenvalue weighted by Crippen LogP contribution is -2.12. The molecule has 140 valence electrons. The quantitative estimate of drug-likeness (QED) is 0.693. The summed E-state index contributed by atoms with van der Waals surface area (Å²) in [4.78, 5) is 12.5. The van der Waals surface area contributed by atoms with E-state index in [0.29, 0.717) is 12.2 Å². The van der Waals surface area contributed by atoms with E-state index < -0.39 is 0 Å². The van der Waals surface area contributed by atoms with Gasteiger partial charge in [0.1, 0.15) is 12.4 Å². The average molecular weight is 363 g/mol. The number of rotatable bonds is 6. The van der Waals surface area contributed by atoms with Gasteiger partial charge in [0, 0.05) is 12.1 Å². The molecule has 27 heavy (non-hydrogen) atoms. The van der Waals surface area contributed by atoms with E-state index in [2.05, 4.69) is 10.4 Å². The summed E-state index contributed by atoms with van der Waals surface area (Å²) in [5, 5.41) is 7.17. The summed E-state index contributed by atoms with van der Waals surface area (Å²) in [6, 6.07) is 13.6. The van der Waals surface area contributed by atoms with Crippen LogP contribution in [0.2, 0.25) is 0 Å². The Kier molecular flexibility index (Phi) is 5.60. The Morgan fingerprint density at radius 1 is 1.07 bits per heavy atom. The SMILES string of the molecule is CCn1ncc(NC(=O)c2ccc(COc3c(C)cccc3C)cc2)c1C. The minimum absolute atomic E-state index is 0.143. The number of hydrogen-bond donors (Lipinski definition) is 1. The molecule has 0 atom stereocenters. The lowest BCUT2D eigenvalue weighted by Gasteiger charge is -2.12. The van der Waals surface area contributed by atoms with Crippen molar-refractivity contribution in [1.29, 1.82) is 0 Å². The van der Waals surface area contributed by atoms with Crippen LogP contribution in [-0.4, -0.2) is 15.7 Å². The maximum atomic E-state index is 12.5. The summed E-state index contributed by atoms with van der Waals surface area (Å²) < 4.78 is 7.82. The van der Waals surface area contributed by atoms with Gasteiger partial charge < -0.3 is 10.1 Å². The molecular formula is C22H25N3O2. The van der Waals surface area contributed by atoms with Gasteiger partial charge in [-0.05, 0) is 56.5 Å². The van der Waals surface area contributed by atoms with Gasteiger partial charge in [0.25, 0.3) is 5.91 Å². The second-order valence-electron chi connectivity index (χ2n) is 6.62. The van der Waals surface area contributed by atoms with Crippen LogP contribution in [0.15, 0.2) is 48.7 Å². The smallest absolute Gasteiger partial charge is 0.255 e. The fraction of sp³-hybridized carbons (Fsp3) is 0.273. The molecule has 5 nitrogen and oxygen atoms in total. The van der Waals surface area contributed by atoms with Crippen molar-refractivity contribution in [3.05, 3.63) is 76.6 Å². The Balaban J connectivity index is 1.64. The molecule has 1 N–H and O–H groups in total. The number of aromatic nitrogens is 2. The molecule has 0 fully saturated rings. The monoisotopic (exact) mass is 363 g/mol. The van der Waals surface area contributed by atoms with Crippen molar-refractivity contribution in [2.45, 2.75) is 40.8 Å². The number of aryl methyl sites for hydroxylation is 3. The molecule has 1 heterocycles. The van der Waals surface area contributed by atoms with Crippen LogP contribution >= 0.6 is 0 Å². The summed E-state index contributed by atoms with van der Waals surface area (Å²) in [6.07, 6.45) is 1.68. The van der Waals surface area contributed by atoms with E-state index in [9.17, 15) is 4.79 Å². The summed E-state index contributed by atoms with van der Waals surface area (Å²) in [5.41, 5.74) is 5.55. The third-order valence-corrected chi connectivity index (χ3v) is 4.66. The van der Waals surface area contributed by atoms with Crippen LogP contribution in [0, 0.1) is 20.8 Å². The van der Waals surface area contributed by atoms with Gasteiger partial charge in [0.15, 0.2) is 0 Å². The van der Waals surface area contributed by atoms with Gasteiger partial charge >= 0.3 is 0 Å². The van der Waals surface area contributed by atoms with Crippen LogP contribution < -0.4 is 10.1 Å². The van der Waals surface area contributed by atoms with Crippen molar-refractivity contribution in [1.82, 2.24) is 9.78 Å². The summed E-state index contributed by atoms with van der Waals surface area (Å²) in [5.74, 6) is 0.777. The fourth-order valence-corrected chi connectivity index (χ4v) is 3.02. The molecule has 5 heteroatoms. The minimum Gasteiger partial charge on any atom is -0.488 e. The van der Waals surface area contributed by atoms with Crippen LogP contribution in [0.3, 0.4) is 0 Å². The van der Waals surface area contributed by atoms with E-state index >= 15 is 0 Å². The van der Waals surface area contributed by atoms with Gasteiger partial charge in [-0.15, -0.1) is 0 Å². The number of para-hydroxylation sites is 1. The van der Waals surface area contributed by atoms with Gasteiger partial charge in [0.05, 0.1) is 17.6 Å². The highest BCUT2D eigenvalue weighted by atomic mass is 16.5. The first kappa shape index (κ1) is 18.7. The molecule has 0 radical (unpaired) electrons. The zero-order valence-electron chi connectivity index (χ0n) is 16.2. The summed E-state index contributed by atoms with van der Waals surface area (Å²) in [7, 11) is 0. The molecule has 0 saturated heterocycles. The molecule has 0 unspecified atom stereocenters. The van der Waals surface area contributed by atoms with Crippen molar-refractivity contribution < 1.29 is 9.53 Å². The molecular weight excluding hydrogens is 338 g/mol. The normalized spacial score (nSPS) is 10.7. The molecule has 0 saturated carbocycles. The Morgan fingerprint density at radius 3 is 2.33 bits per heavy atom. The van der Waals surface area contributed by atoms with Crippen molar-refractivity contribution in [2.24, 2.45) is 0 Å². The second-order valence-corrected chi connectivity index (χ2v) is 6.62. The maximum Gasteiger partial charge on any atom is 0.255 e. The molecule has 1 amide bonds. The van der Waals surface area contributed by atoms with Gasteiger partial charge in [-0.1, -0.05) is 30.3 Å². The van der Waals surface area contributed by atoms with E-state index in [4.69, 9.17) is 4.74 Å². The highest BCUT2D eigenvalue weighted by Crippen LogP contribution is 2.23. The number of anilines is 1. The largest absolute Gasteiger partial charge is 0.488 e. The second kappa shape index (κ2) is 8.08. The number of benzene rings is 2. The molecule has 0 aliphatic rings. The Labute approximate surface area is 160 Å². The van der Waals surface area contributed by atoms with Crippen LogP contribution in [-0.2, 0) is 13.2 Å². The topological polar surface area (TPSA) is 56.2 Å². The van der Waals surface area contributed by atoms with Crippen LogP contribution in [0.5, 0.6) is 5.75 Å². The molecule has 0 spiro atoms. The molecule has 0 bridgehead atoms. The van der Waals surface area contributed by atoms with E-state index in [1.165, 1.54) is 0 Å². The standard InChI is InChI=1S/C22H25N3O2/c1-5-25-17(4)20(13-23-25)24-22(26)19-11-9-18(10-12-19)14-27-21-15(2)7-6-8-16(21)3/h6-13H,5,14H2,1-4H3,(H,24,26). The first-order chi connectivity index (χ1) is 13.0. The van der Waals surface area contributed by atoms with Gasteiger partial charge in [-0.25, -0.2) is 0 Å². The molecule has 0 aliphatic heterocycles. The molecule has 3 aromatic rings.